The summed E-state index contributed by atoms with van der Waals surface area (Å²) in [5.41, 5.74) is 1.65. The van der Waals surface area contributed by atoms with Gasteiger partial charge in [-0.1, -0.05) is 12.1 Å². The van der Waals surface area contributed by atoms with Gasteiger partial charge in [-0.2, -0.15) is 0 Å². The van der Waals surface area contributed by atoms with E-state index in [1.165, 1.54) is 16.7 Å². The maximum Gasteiger partial charge on any atom is 0.315 e. The predicted octanol–water partition coefficient (Wildman–Crippen LogP) is 3.45. The number of rotatable bonds is 6. The molecule has 1 aromatic carbocycles. The predicted molar refractivity (Wildman–Crippen MR) is 98.3 cm³/mol. The van der Waals surface area contributed by atoms with Crippen LogP contribution >= 0.6 is 11.3 Å². The summed E-state index contributed by atoms with van der Waals surface area (Å²) in [5, 5.41) is 8.51. The Morgan fingerprint density at radius 3 is 2.67 bits per heavy atom. The molecule has 3 N–H and O–H groups in total. The fourth-order valence-corrected chi connectivity index (χ4v) is 3.39. The quantitative estimate of drug-likeness (QED) is 0.750. The molecule has 1 atom stereocenters. The molecule has 128 valence electrons. The number of anilines is 1. The van der Waals surface area contributed by atoms with Gasteiger partial charge in [-0.05, 0) is 43.7 Å². The zero-order valence-corrected chi connectivity index (χ0v) is 15.0. The summed E-state index contributed by atoms with van der Waals surface area (Å²) in [4.78, 5) is 25.6. The van der Waals surface area contributed by atoms with Crippen molar-refractivity contribution in [1.29, 1.82) is 0 Å². The minimum absolute atomic E-state index is 0.0637. The van der Waals surface area contributed by atoms with E-state index in [0.717, 1.165) is 17.7 Å². The zero-order chi connectivity index (χ0) is 17.5. The third kappa shape index (κ3) is 6.04. The van der Waals surface area contributed by atoms with Crippen LogP contribution in [0.25, 0.3) is 0 Å². The number of benzene rings is 1. The third-order valence-electron chi connectivity index (χ3n) is 3.38. The van der Waals surface area contributed by atoms with Crippen molar-refractivity contribution in [1.82, 2.24) is 10.6 Å². The number of carbonyl (C=O) groups excluding carboxylic acids is 2. The summed E-state index contributed by atoms with van der Waals surface area (Å²) in [6.45, 7) is 5.94. The average molecular weight is 345 g/mol. The molecule has 1 heterocycles. The minimum atomic E-state index is -0.194. The molecule has 0 saturated heterocycles. The van der Waals surface area contributed by atoms with Gasteiger partial charge in [0.1, 0.15) is 0 Å². The molecule has 0 bridgehead atoms. The Bertz CT molecular complexity index is 712. The van der Waals surface area contributed by atoms with Gasteiger partial charge >= 0.3 is 6.03 Å². The van der Waals surface area contributed by atoms with Crippen molar-refractivity contribution >= 4 is 29.0 Å². The first kappa shape index (κ1) is 18.0. The maximum absolute atomic E-state index is 12.0. The molecule has 1 aromatic heterocycles. The van der Waals surface area contributed by atoms with Crippen molar-refractivity contribution in [3.8, 4) is 0 Å². The van der Waals surface area contributed by atoms with Gasteiger partial charge in [0.25, 0.3) is 0 Å². The van der Waals surface area contributed by atoms with Crippen LogP contribution in [0.5, 0.6) is 0 Å². The second-order valence-corrected chi connectivity index (χ2v) is 7.20. The summed E-state index contributed by atoms with van der Waals surface area (Å²) in [7, 11) is 0. The van der Waals surface area contributed by atoms with E-state index in [1.807, 2.05) is 31.2 Å². The number of carbonyl (C=O) groups is 2. The van der Waals surface area contributed by atoms with Crippen molar-refractivity contribution < 1.29 is 9.59 Å². The van der Waals surface area contributed by atoms with Gasteiger partial charge in [0.2, 0.25) is 5.91 Å². The van der Waals surface area contributed by atoms with Crippen LogP contribution < -0.4 is 16.0 Å². The summed E-state index contributed by atoms with van der Waals surface area (Å²) in [5.74, 6) is -0.115. The van der Waals surface area contributed by atoms with E-state index in [9.17, 15) is 9.59 Å². The average Bonchev–Trinajstić information content (AvgIpc) is 2.89. The topological polar surface area (TPSA) is 70.2 Å². The lowest BCUT2D eigenvalue weighted by molar-refractivity contribution is -0.114. The molecule has 0 spiro atoms. The Hall–Kier alpha value is -2.34. The Kier molecular flexibility index (Phi) is 6.37. The lowest BCUT2D eigenvalue weighted by Crippen LogP contribution is -2.41. The summed E-state index contributed by atoms with van der Waals surface area (Å²) < 4.78 is 0. The lowest BCUT2D eigenvalue weighted by Gasteiger charge is -2.14. The molecule has 5 nitrogen and oxygen atoms in total. The molecule has 0 aliphatic heterocycles. The van der Waals surface area contributed by atoms with Crippen molar-refractivity contribution in [2.45, 2.75) is 39.8 Å². The smallest absolute Gasteiger partial charge is 0.315 e. The van der Waals surface area contributed by atoms with Gasteiger partial charge in [0.05, 0.1) is 0 Å². The monoisotopic (exact) mass is 345 g/mol. The van der Waals surface area contributed by atoms with Gasteiger partial charge in [-0.3, -0.25) is 4.79 Å². The highest BCUT2D eigenvalue weighted by Crippen LogP contribution is 2.16. The molecular weight excluding hydrogens is 322 g/mol. The fraction of sp³-hybridized carbons (Fsp3) is 0.333. The second-order valence-electron chi connectivity index (χ2n) is 5.83. The van der Waals surface area contributed by atoms with E-state index in [0.29, 0.717) is 6.54 Å². The third-order valence-corrected chi connectivity index (χ3v) is 4.40. The maximum atomic E-state index is 12.0. The SMILES string of the molecule is CC(=O)Nc1cccc(CNC(=O)N[C@@H](C)Cc2ccc(C)s2)c1. The Morgan fingerprint density at radius 2 is 2.00 bits per heavy atom. The van der Waals surface area contributed by atoms with Crippen LogP contribution in [0, 0.1) is 6.92 Å². The number of hydrogen-bond acceptors (Lipinski definition) is 3. The van der Waals surface area contributed by atoms with Crippen LogP contribution in [0.3, 0.4) is 0 Å². The normalized spacial score (nSPS) is 11.6. The number of amides is 3. The standard InChI is InChI=1S/C18H23N3O2S/c1-12(9-17-8-7-13(2)24-17)20-18(23)19-11-15-5-4-6-16(10-15)21-14(3)22/h4-8,10,12H,9,11H2,1-3H3,(H,21,22)(H2,19,20,23)/t12-/m0/s1. The summed E-state index contributed by atoms with van der Waals surface area (Å²) in [6, 6.07) is 11.5. The largest absolute Gasteiger partial charge is 0.335 e. The van der Waals surface area contributed by atoms with Crippen LogP contribution in [-0.4, -0.2) is 18.0 Å². The Balaban J connectivity index is 1.79. The Labute approximate surface area is 146 Å². The van der Waals surface area contributed by atoms with Crippen molar-refractivity contribution in [2.24, 2.45) is 0 Å². The van der Waals surface area contributed by atoms with Crippen LogP contribution in [0.15, 0.2) is 36.4 Å². The van der Waals surface area contributed by atoms with Gasteiger partial charge in [-0.25, -0.2) is 4.79 Å². The highest BCUT2D eigenvalue weighted by Gasteiger charge is 2.09. The van der Waals surface area contributed by atoms with E-state index in [4.69, 9.17) is 0 Å². The molecule has 0 aliphatic rings. The lowest BCUT2D eigenvalue weighted by atomic mass is 10.2. The summed E-state index contributed by atoms with van der Waals surface area (Å²) in [6.07, 6.45) is 0.823. The molecule has 0 fully saturated rings. The number of thiophene rings is 1. The van der Waals surface area contributed by atoms with Gasteiger partial charge < -0.3 is 16.0 Å². The molecule has 0 saturated carbocycles. The van der Waals surface area contributed by atoms with Crippen LogP contribution in [0.4, 0.5) is 10.5 Å². The van der Waals surface area contributed by atoms with Gasteiger partial charge in [0, 0.05) is 41.4 Å². The number of hydrogen-bond donors (Lipinski definition) is 3. The van der Waals surface area contributed by atoms with E-state index >= 15 is 0 Å². The first-order chi connectivity index (χ1) is 11.4. The molecule has 0 radical (unpaired) electrons. The molecule has 2 aromatic rings. The minimum Gasteiger partial charge on any atom is -0.335 e. The second kappa shape index (κ2) is 8.49. The summed E-state index contributed by atoms with van der Waals surface area (Å²) >= 11 is 1.75. The molecule has 0 aliphatic carbocycles. The van der Waals surface area contributed by atoms with Crippen LogP contribution in [0.1, 0.15) is 29.2 Å². The number of urea groups is 1. The highest BCUT2D eigenvalue weighted by atomic mass is 32.1. The highest BCUT2D eigenvalue weighted by molar-refractivity contribution is 7.11. The van der Waals surface area contributed by atoms with Crippen LogP contribution in [-0.2, 0) is 17.8 Å². The molecular formula is C18H23N3O2S. The van der Waals surface area contributed by atoms with E-state index in [1.54, 1.807) is 11.3 Å². The van der Waals surface area contributed by atoms with E-state index in [2.05, 4.69) is 35.0 Å². The molecule has 2 rings (SSSR count). The van der Waals surface area contributed by atoms with Crippen molar-refractivity contribution in [2.75, 3.05) is 5.32 Å². The molecule has 0 unspecified atom stereocenters. The van der Waals surface area contributed by atoms with Crippen molar-refractivity contribution in [3.63, 3.8) is 0 Å². The van der Waals surface area contributed by atoms with E-state index < -0.39 is 0 Å². The van der Waals surface area contributed by atoms with Crippen molar-refractivity contribution in [3.05, 3.63) is 51.7 Å². The number of nitrogens with one attached hydrogen (secondary N) is 3. The first-order valence-corrected chi connectivity index (χ1v) is 8.70. The first-order valence-electron chi connectivity index (χ1n) is 7.88. The number of aryl methyl sites for hydroxylation is 1. The Morgan fingerprint density at radius 1 is 1.21 bits per heavy atom. The fourth-order valence-electron chi connectivity index (χ4n) is 2.37. The van der Waals surface area contributed by atoms with Crippen LogP contribution in [0.2, 0.25) is 0 Å². The molecule has 24 heavy (non-hydrogen) atoms. The molecule has 3 amide bonds. The van der Waals surface area contributed by atoms with Gasteiger partial charge in [0.15, 0.2) is 0 Å². The van der Waals surface area contributed by atoms with E-state index in [-0.39, 0.29) is 18.0 Å². The molecule has 6 heteroatoms. The van der Waals surface area contributed by atoms with Gasteiger partial charge in [-0.15, -0.1) is 11.3 Å². The zero-order valence-electron chi connectivity index (χ0n) is 14.2.